The van der Waals surface area contributed by atoms with E-state index in [4.69, 9.17) is 22.2 Å². The molecule has 6 heteroatoms. The van der Waals surface area contributed by atoms with Crippen LogP contribution in [0.1, 0.15) is 27.2 Å². The largest absolute Gasteiger partial charge is 0.487 e. The molecule has 0 aliphatic carbocycles. The molecule has 21 heavy (non-hydrogen) atoms. The van der Waals surface area contributed by atoms with Gasteiger partial charge in [-0.3, -0.25) is 15.2 Å². The number of hydrogen-bond donors (Lipinski definition) is 2. The van der Waals surface area contributed by atoms with E-state index in [-0.39, 0.29) is 5.91 Å². The summed E-state index contributed by atoms with van der Waals surface area (Å²) in [6.07, 6.45) is 1.46. The average Bonchev–Trinajstić information content (AvgIpc) is 2.50. The number of aromatic nitrogens is 1. The Kier molecular flexibility index (Phi) is 4.77. The summed E-state index contributed by atoms with van der Waals surface area (Å²) in [7, 11) is 0. The molecule has 0 radical (unpaired) electrons. The van der Waals surface area contributed by atoms with Crippen molar-refractivity contribution in [3.05, 3.63) is 57.9 Å². The maximum Gasteiger partial charge on any atom is 0.266 e. The van der Waals surface area contributed by atoms with Crippen molar-refractivity contribution in [2.24, 2.45) is 5.84 Å². The van der Waals surface area contributed by atoms with Crippen LogP contribution in [0.3, 0.4) is 0 Å². The van der Waals surface area contributed by atoms with E-state index in [0.29, 0.717) is 17.9 Å². The zero-order valence-corrected chi connectivity index (χ0v) is 12.6. The molecule has 0 aliphatic rings. The molecule has 1 aromatic carbocycles. The molecule has 0 saturated heterocycles. The van der Waals surface area contributed by atoms with Gasteiger partial charge in [-0.1, -0.05) is 11.6 Å². The van der Waals surface area contributed by atoms with Gasteiger partial charge in [0.1, 0.15) is 12.4 Å². The summed E-state index contributed by atoms with van der Waals surface area (Å²) in [4.78, 5) is 15.4. The van der Waals surface area contributed by atoms with Crippen LogP contribution in [0, 0.1) is 13.8 Å². The van der Waals surface area contributed by atoms with Gasteiger partial charge in [-0.25, -0.2) is 5.84 Å². The Bertz CT molecular complexity index is 633. The van der Waals surface area contributed by atoms with E-state index in [9.17, 15) is 4.79 Å². The topological polar surface area (TPSA) is 77.2 Å². The number of nitrogens with zero attached hydrogens (tertiary/aromatic N) is 1. The molecule has 0 bridgehead atoms. The molecule has 110 valence electrons. The summed E-state index contributed by atoms with van der Waals surface area (Å²) in [6, 6.07) is 7.13. The lowest BCUT2D eigenvalue weighted by Gasteiger charge is -2.10. The number of carbonyl (C=O) groups excluding carboxylic acids is 1. The van der Waals surface area contributed by atoms with E-state index in [1.54, 1.807) is 12.1 Å². The van der Waals surface area contributed by atoms with E-state index in [2.05, 4.69) is 10.4 Å². The Morgan fingerprint density at radius 1 is 1.33 bits per heavy atom. The third-order valence-electron chi connectivity index (χ3n) is 3.01. The Labute approximate surface area is 128 Å². The first kappa shape index (κ1) is 15.3. The number of pyridine rings is 1. The van der Waals surface area contributed by atoms with Gasteiger partial charge in [0, 0.05) is 11.2 Å². The molecule has 1 aromatic heterocycles. The van der Waals surface area contributed by atoms with Gasteiger partial charge in [-0.05, 0) is 49.2 Å². The summed E-state index contributed by atoms with van der Waals surface area (Å²) < 4.78 is 5.69. The second kappa shape index (κ2) is 6.56. The fourth-order valence-corrected chi connectivity index (χ4v) is 1.98. The van der Waals surface area contributed by atoms with Crippen LogP contribution in [0.15, 0.2) is 30.5 Å². The lowest BCUT2D eigenvalue weighted by atomic mass is 10.1. The van der Waals surface area contributed by atoms with Crippen LogP contribution in [-0.4, -0.2) is 10.9 Å². The number of hydrogen-bond acceptors (Lipinski definition) is 4. The minimum Gasteiger partial charge on any atom is -0.487 e. The SMILES string of the molecule is Cc1cc(OCc2ccc(C(=O)NN)cn2)cc(C)c1Cl. The lowest BCUT2D eigenvalue weighted by Crippen LogP contribution is -2.30. The molecule has 0 fully saturated rings. The van der Waals surface area contributed by atoms with Crippen LogP contribution in [-0.2, 0) is 6.61 Å². The van der Waals surface area contributed by atoms with Crippen molar-refractivity contribution in [2.45, 2.75) is 20.5 Å². The number of ether oxygens (including phenoxy) is 1. The molecule has 0 spiro atoms. The predicted octanol–water partition coefficient (Wildman–Crippen LogP) is 2.53. The second-order valence-electron chi connectivity index (χ2n) is 4.67. The molecule has 0 atom stereocenters. The smallest absolute Gasteiger partial charge is 0.266 e. The number of nitrogens with one attached hydrogen (secondary N) is 1. The van der Waals surface area contributed by atoms with Gasteiger partial charge in [0.05, 0.1) is 11.3 Å². The number of nitrogens with two attached hydrogens (primary N) is 1. The standard InChI is InChI=1S/C15H16ClN3O2/c1-9-5-13(6-10(2)14(9)16)21-8-12-4-3-11(7-18-12)15(20)19-17/h3-7H,8,17H2,1-2H3,(H,19,20). The Morgan fingerprint density at radius 3 is 2.52 bits per heavy atom. The minimum atomic E-state index is -0.376. The monoisotopic (exact) mass is 305 g/mol. The maximum atomic E-state index is 11.3. The van der Waals surface area contributed by atoms with Crippen molar-refractivity contribution in [1.82, 2.24) is 10.4 Å². The van der Waals surface area contributed by atoms with Gasteiger partial charge in [0.2, 0.25) is 0 Å². The van der Waals surface area contributed by atoms with Gasteiger partial charge < -0.3 is 4.74 Å². The summed E-state index contributed by atoms with van der Waals surface area (Å²) in [5, 5.41) is 0.748. The number of amides is 1. The van der Waals surface area contributed by atoms with E-state index in [1.165, 1.54) is 6.20 Å². The first-order valence-corrected chi connectivity index (χ1v) is 6.74. The molecular weight excluding hydrogens is 290 g/mol. The van der Waals surface area contributed by atoms with E-state index >= 15 is 0 Å². The number of benzene rings is 1. The zero-order valence-electron chi connectivity index (χ0n) is 11.8. The van der Waals surface area contributed by atoms with Crippen LogP contribution in [0.2, 0.25) is 5.02 Å². The highest BCUT2D eigenvalue weighted by Gasteiger charge is 2.06. The molecule has 0 unspecified atom stereocenters. The van der Waals surface area contributed by atoms with Crippen molar-refractivity contribution in [2.75, 3.05) is 0 Å². The molecule has 2 aromatic rings. The van der Waals surface area contributed by atoms with Crippen LogP contribution in [0.4, 0.5) is 0 Å². The number of aryl methyl sites for hydroxylation is 2. The highest BCUT2D eigenvalue weighted by Crippen LogP contribution is 2.26. The number of halogens is 1. The fourth-order valence-electron chi connectivity index (χ4n) is 1.87. The third kappa shape index (κ3) is 3.71. The van der Waals surface area contributed by atoms with Gasteiger partial charge in [0.25, 0.3) is 5.91 Å². The number of rotatable bonds is 4. The van der Waals surface area contributed by atoms with Crippen LogP contribution in [0.5, 0.6) is 5.75 Å². The Balaban J connectivity index is 2.05. The van der Waals surface area contributed by atoms with E-state index < -0.39 is 0 Å². The van der Waals surface area contributed by atoms with Crippen molar-refractivity contribution in [3.8, 4) is 5.75 Å². The van der Waals surface area contributed by atoms with Crippen molar-refractivity contribution in [3.63, 3.8) is 0 Å². The lowest BCUT2D eigenvalue weighted by molar-refractivity contribution is 0.0953. The van der Waals surface area contributed by atoms with E-state index in [0.717, 1.165) is 21.9 Å². The fraction of sp³-hybridized carbons (Fsp3) is 0.200. The molecule has 1 amide bonds. The molecule has 2 rings (SSSR count). The molecule has 0 saturated carbocycles. The van der Waals surface area contributed by atoms with Gasteiger partial charge in [-0.15, -0.1) is 0 Å². The third-order valence-corrected chi connectivity index (χ3v) is 3.61. The van der Waals surface area contributed by atoms with Crippen LogP contribution >= 0.6 is 11.6 Å². The minimum absolute atomic E-state index is 0.311. The number of nitrogen functional groups attached to an aromatic ring is 1. The van der Waals surface area contributed by atoms with Gasteiger partial charge >= 0.3 is 0 Å². The summed E-state index contributed by atoms with van der Waals surface area (Å²) in [6.45, 7) is 4.17. The second-order valence-corrected chi connectivity index (χ2v) is 5.05. The predicted molar refractivity (Wildman–Crippen MR) is 81.1 cm³/mol. The van der Waals surface area contributed by atoms with E-state index in [1.807, 2.05) is 26.0 Å². The van der Waals surface area contributed by atoms with Gasteiger partial charge in [0.15, 0.2) is 0 Å². The average molecular weight is 306 g/mol. The van der Waals surface area contributed by atoms with Crippen LogP contribution in [0.25, 0.3) is 0 Å². The van der Waals surface area contributed by atoms with Crippen molar-refractivity contribution >= 4 is 17.5 Å². The summed E-state index contributed by atoms with van der Waals surface area (Å²) >= 11 is 6.11. The Morgan fingerprint density at radius 2 is 2.00 bits per heavy atom. The summed E-state index contributed by atoms with van der Waals surface area (Å²) in [5.74, 6) is 5.41. The molecule has 0 aliphatic heterocycles. The highest BCUT2D eigenvalue weighted by atomic mass is 35.5. The first-order chi connectivity index (χ1) is 10.0. The number of carbonyl (C=O) groups is 1. The number of hydrazine groups is 1. The van der Waals surface area contributed by atoms with Crippen molar-refractivity contribution in [1.29, 1.82) is 0 Å². The zero-order chi connectivity index (χ0) is 15.4. The van der Waals surface area contributed by atoms with Gasteiger partial charge in [-0.2, -0.15) is 0 Å². The quantitative estimate of drug-likeness (QED) is 0.517. The Hall–Kier alpha value is -2.11. The molecule has 1 heterocycles. The summed E-state index contributed by atoms with van der Waals surface area (Å²) in [5.41, 5.74) is 5.11. The van der Waals surface area contributed by atoms with Crippen LogP contribution < -0.4 is 16.0 Å². The molecule has 3 N–H and O–H groups in total. The van der Waals surface area contributed by atoms with Crippen molar-refractivity contribution < 1.29 is 9.53 Å². The highest BCUT2D eigenvalue weighted by molar-refractivity contribution is 6.32. The molecular formula is C15H16ClN3O2. The maximum absolute atomic E-state index is 11.3. The first-order valence-electron chi connectivity index (χ1n) is 6.36. The normalized spacial score (nSPS) is 10.3. The molecule has 5 nitrogen and oxygen atoms in total.